The van der Waals surface area contributed by atoms with Crippen LogP contribution in [0.2, 0.25) is 5.02 Å². The number of hydrogen-bond acceptors (Lipinski definition) is 7. The summed E-state index contributed by atoms with van der Waals surface area (Å²) in [5, 5.41) is 15.7. The lowest BCUT2D eigenvalue weighted by molar-refractivity contribution is 0.282. The van der Waals surface area contributed by atoms with E-state index in [0.717, 1.165) is 14.5 Å². The molecule has 0 aliphatic rings. The van der Waals surface area contributed by atoms with Crippen LogP contribution in [-0.4, -0.2) is 23.0 Å². The predicted octanol–water partition coefficient (Wildman–Crippen LogP) is 7.41. The summed E-state index contributed by atoms with van der Waals surface area (Å²) >= 11 is 8.33. The highest BCUT2D eigenvalue weighted by molar-refractivity contribution is 14.1. The molecule has 0 saturated heterocycles. The minimum Gasteiger partial charge on any atom is -0.493 e. The summed E-state index contributed by atoms with van der Waals surface area (Å²) in [5.41, 5.74) is 2.78. The Labute approximate surface area is 258 Å². The van der Waals surface area contributed by atoms with Crippen molar-refractivity contribution in [2.75, 3.05) is 7.11 Å². The number of methoxy groups -OCH3 is 1. The third-order valence-electron chi connectivity index (χ3n) is 6.54. The number of nitrogens with zero attached hydrogens (tertiary/aromatic N) is 4. The molecule has 0 aliphatic carbocycles. The van der Waals surface area contributed by atoms with Gasteiger partial charge in [0, 0.05) is 16.0 Å². The van der Waals surface area contributed by atoms with Crippen LogP contribution in [0.15, 0.2) is 99.2 Å². The maximum atomic E-state index is 13.6. The summed E-state index contributed by atoms with van der Waals surface area (Å²) in [6.07, 6.45) is 1.56. The highest BCUT2D eigenvalue weighted by Gasteiger charge is 2.17. The third kappa shape index (κ3) is 5.34. The molecule has 0 spiro atoms. The second-order valence-electron chi connectivity index (χ2n) is 9.20. The first-order chi connectivity index (χ1) is 20.4. The molecule has 42 heavy (non-hydrogen) atoms. The van der Waals surface area contributed by atoms with E-state index in [-0.39, 0.29) is 18.0 Å². The molecule has 206 valence electrons. The van der Waals surface area contributed by atoms with Crippen molar-refractivity contribution in [1.82, 2.24) is 9.66 Å². The zero-order chi connectivity index (χ0) is 29.2. The lowest BCUT2D eigenvalue weighted by Crippen LogP contribution is -2.20. The Morgan fingerprint density at radius 2 is 1.90 bits per heavy atom. The summed E-state index contributed by atoms with van der Waals surface area (Å²) in [4.78, 5) is 18.3. The van der Waals surface area contributed by atoms with E-state index in [1.165, 1.54) is 4.68 Å². The van der Waals surface area contributed by atoms with E-state index in [4.69, 9.17) is 30.5 Å². The Morgan fingerprint density at radius 3 is 2.74 bits per heavy atom. The molecule has 10 heteroatoms. The van der Waals surface area contributed by atoms with Crippen molar-refractivity contribution in [3.63, 3.8) is 0 Å². The smallest absolute Gasteiger partial charge is 0.282 e. The second kappa shape index (κ2) is 11.7. The number of halogens is 2. The first kappa shape index (κ1) is 27.5. The molecular formula is C32H20ClIN4O4. The van der Waals surface area contributed by atoms with E-state index < -0.39 is 0 Å². The van der Waals surface area contributed by atoms with E-state index in [0.29, 0.717) is 49.9 Å². The Bertz CT molecular complexity index is 2110. The maximum absolute atomic E-state index is 13.6. The van der Waals surface area contributed by atoms with Gasteiger partial charge in [0.15, 0.2) is 17.3 Å². The number of ether oxygens (including phenoxy) is 2. The molecule has 6 rings (SSSR count). The van der Waals surface area contributed by atoms with Crippen molar-refractivity contribution < 1.29 is 13.9 Å². The van der Waals surface area contributed by atoms with Crippen molar-refractivity contribution in [1.29, 1.82) is 5.26 Å². The van der Waals surface area contributed by atoms with Gasteiger partial charge in [-0.1, -0.05) is 41.9 Å². The summed E-state index contributed by atoms with van der Waals surface area (Å²) in [6, 6.07) is 27.2. The first-order valence-corrected chi connectivity index (χ1v) is 14.1. The van der Waals surface area contributed by atoms with Crippen LogP contribution < -0.4 is 15.0 Å². The number of hydrogen-bond donors (Lipinski definition) is 0. The second-order valence-corrected chi connectivity index (χ2v) is 10.8. The number of aromatic nitrogens is 2. The average Bonchev–Trinajstić information content (AvgIpc) is 3.43. The molecule has 4 aromatic carbocycles. The third-order valence-corrected chi connectivity index (χ3v) is 7.57. The number of rotatable bonds is 7. The number of nitriles is 1. The first-order valence-electron chi connectivity index (χ1n) is 12.7. The number of para-hydroxylation sites is 1. The van der Waals surface area contributed by atoms with Gasteiger partial charge in [0.05, 0.1) is 39.4 Å². The largest absolute Gasteiger partial charge is 0.493 e. The molecular weight excluding hydrogens is 667 g/mol. The molecule has 0 N–H and O–H groups in total. The quantitative estimate of drug-likeness (QED) is 0.128. The zero-order valence-electron chi connectivity index (χ0n) is 22.0. The average molecular weight is 687 g/mol. The Balaban J connectivity index is 1.39. The van der Waals surface area contributed by atoms with Crippen molar-refractivity contribution in [2.45, 2.75) is 6.61 Å². The molecule has 2 heterocycles. The Hall–Kier alpha value is -4.66. The van der Waals surface area contributed by atoms with Crippen LogP contribution in [0.3, 0.4) is 0 Å². The number of furan rings is 1. The fraction of sp³-hybridized carbons (Fsp3) is 0.0625. The molecule has 0 saturated carbocycles. The molecule has 6 aromatic rings. The summed E-state index contributed by atoms with van der Waals surface area (Å²) in [6.45, 7) is 0.202. The van der Waals surface area contributed by atoms with Crippen LogP contribution >= 0.6 is 34.2 Å². The van der Waals surface area contributed by atoms with Crippen LogP contribution in [0.4, 0.5) is 0 Å². The fourth-order valence-corrected chi connectivity index (χ4v) is 5.46. The van der Waals surface area contributed by atoms with Gasteiger partial charge < -0.3 is 13.9 Å². The fourth-order valence-electron chi connectivity index (χ4n) is 4.50. The van der Waals surface area contributed by atoms with Crippen molar-refractivity contribution in [3.8, 4) is 29.2 Å². The van der Waals surface area contributed by atoms with Gasteiger partial charge in [0.1, 0.15) is 12.2 Å². The lowest BCUT2D eigenvalue weighted by atomic mass is 10.1. The molecule has 0 unspecified atom stereocenters. The van der Waals surface area contributed by atoms with Gasteiger partial charge >= 0.3 is 0 Å². The Morgan fingerprint density at radius 1 is 1.10 bits per heavy atom. The van der Waals surface area contributed by atoms with Gasteiger partial charge in [-0.2, -0.15) is 15.0 Å². The van der Waals surface area contributed by atoms with Crippen LogP contribution in [0.5, 0.6) is 11.5 Å². The standard InChI is InChI=1S/C32H20ClIN4O4/c1-40-28-13-19(12-25(34)30(28)41-18-21-7-3-2-6-20(21)16-35)17-36-38-31(37-26-9-5-4-8-24(26)32(38)39)29-15-22-14-23(33)10-11-27(22)42-29/h2-15,17H,18H2,1H3. The van der Waals surface area contributed by atoms with Gasteiger partial charge in [-0.15, -0.1) is 0 Å². The summed E-state index contributed by atoms with van der Waals surface area (Å²) in [7, 11) is 1.55. The monoisotopic (exact) mass is 686 g/mol. The number of benzene rings is 4. The van der Waals surface area contributed by atoms with Gasteiger partial charge in [0.2, 0.25) is 5.82 Å². The molecule has 0 aliphatic heterocycles. The van der Waals surface area contributed by atoms with E-state index >= 15 is 0 Å². The normalized spacial score (nSPS) is 11.3. The molecule has 0 fully saturated rings. The lowest BCUT2D eigenvalue weighted by Gasteiger charge is -2.14. The van der Waals surface area contributed by atoms with E-state index in [1.54, 1.807) is 67.9 Å². The SMILES string of the molecule is COc1cc(C=Nn2c(-c3cc4cc(Cl)ccc4o3)nc3ccccc3c2=O)cc(I)c1OCc1ccccc1C#N. The van der Waals surface area contributed by atoms with Crippen molar-refractivity contribution in [3.05, 3.63) is 121 Å². The van der Waals surface area contributed by atoms with Gasteiger partial charge in [-0.3, -0.25) is 4.79 Å². The summed E-state index contributed by atoms with van der Waals surface area (Å²) < 4.78 is 19.7. The van der Waals surface area contributed by atoms with Crippen LogP contribution in [0.25, 0.3) is 33.5 Å². The minimum atomic E-state index is -0.344. The van der Waals surface area contributed by atoms with Gasteiger partial charge in [-0.05, 0) is 82.8 Å². The molecule has 2 aromatic heterocycles. The summed E-state index contributed by atoms with van der Waals surface area (Å²) in [5.74, 6) is 1.64. The Kier molecular flexibility index (Phi) is 7.65. The zero-order valence-corrected chi connectivity index (χ0v) is 25.0. The highest BCUT2D eigenvalue weighted by Crippen LogP contribution is 2.35. The van der Waals surface area contributed by atoms with E-state index in [2.05, 4.69) is 33.8 Å². The number of fused-ring (bicyclic) bond motifs is 2. The van der Waals surface area contributed by atoms with Gasteiger partial charge in [0.25, 0.3) is 5.56 Å². The molecule has 0 atom stereocenters. The topological polar surface area (TPSA) is 103 Å². The van der Waals surface area contributed by atoms with Crippen LogP contribution in [-0.2, 0) is 6.61 Å². The van der Waals surface area contributed by atoms with Crippen LogP contribution in [0.1, 0.15) is 16.7 Å². The van der Waals surface area contributed by atoms with E-state index in [9.17, 15) is 10.1 Å². The molecule has 0 radical (unpaired) electrons. The highest BCUT2D eigenvalue weighted by atomic mass is 127. The van der Waals surface area contributed by atoms with Crippen molar-refractivity contribution in [2.24, 2.45) is 5.10 Å². The molecule has 0 amide bonds. The molecule has 0 bridgehead atoms. The van der Waals surface area contributed by atoms with Crippen molar-refractivity contribution >= 4 is 62.3 Å². The minimum absolute atomic E-state index is 0.202. The maximum Gasteiger partial charge on any atom is 0.282 e. The van der Waals surface area contributed by atoms with Gasteiger partial charge in [-0.25, -0.2) is 4.98 Å². The predicted molar refractivity (Wildman–Crippen MR) is 170 cm³/mol. The molecule has 8 nitrogen and oxygen atoms in total. The van der Waals surface area contributed by atoms with E-state index in [1.807, 2.05) is 30.3 Å². The van der Waals surface area contributed by atoms with Crippen LogP contribution in [0, 0.1) is 14.9 Å².